The molecule has 0 saturated carbocycles. The van der Waals surface area contributed by atoms with Gasteiger partial charge in [-0.3, -0.25) is 0 Å². The smallest absolute Gasteiger partial charge is 0.0838 e. The van der Waals surface area contributed by atoms with Crippen molar-refractivity contribution in [2.75, 3.05) is 6.54 Å². The maximum atomic E-state index is 10.4. The summed E-state index contributed by atoms with van der Waals surface area (Å²) in [5.41, 5.74) is 2.50. The number of rotatable bonds is 1. The maximum absolute atomic E-state index is 10.4. The Balaban J connectivity index is 1.78. The van der Waals surface area contributed by atoms with Gasteiger partial charge in [0.1, 0.15) is 0 Å². The standard InChI is InChI=1S/C15H21NO/c17-15-12-7-4-3-6-11(12)10-13(15)14-8-2-1-5-9-16-14/h3-4,6-7,13-17H,1-2,5,8-10H2. The summed E-state index contributed by atoms with van der Waals surface area (Å²) in [5, 5.41) is 14.1. The molecule has 1 aliphatic heterocycles. The first kappa shape index (κ1) is 11.2. The van der Waals surface area contributed by atoms with Crippen molar-refractivity contribution in [3.05, 3.63) is 35.4 Å². The molecule has 17 heavy (non-hydrogen) atoms. The highest BCUT2D eigenvalue weighted by Crippen LogP contribution is 2.39. The van der Waals surface area contributed by atoms with Gasteiger partial charge in [0.25, 0.3) is 0 Å². The molecule has 1 aliphatic carbocycles. The van der Waals surface area contributed by atoms with Gasteiger partial charge in [-0.2, -0.15) is 0 Å². The van der Waals surface area contributed by atoms with Crippen LogP contribution in [0.4, 0.5) is 0 Å². The predicted octanol–water partition coefficient (Wildman–Crippen LogP) is 2.42. The van der Waals surface area contributed by atoms with Crippen molar-refractivity contribution in [2.24, 2.45) is 5.92 Å². The first-order valence-electron chi connectivity index (χ1n) is 6.85. The Morgan fingerprint density at radius 1 is 1.12 bits per heavy atom. The molecule has 2 N–H and O–H groups in total. The maximum Gasteiger partial charge on any atom is 0.0838 e. The van der Waals surface area contributed by atoms with E-state index in [1.807, 2.05) is 6.07 Å². The van der Waals surface area contributed by atoms with Crippen molar-refractivity contribution in [3.63, 3.8) is 0 Å². The fourth-order valence-electron chi connectivity index (χ4n) is 3.39. The molecule has 3 atom stereocenters. The second-order valence-corrected chi connectivity index (χ2v) is 5.42. The summed E-state index contributed by atoms with van der Waals surface area (Å²) in [6.07, 6.45) is 5.91. The summed E-state index contributed by atoms with van der Waals surface area (Å²) in [5.74, 6) is 0.380. The number of aliphatic hydroxyl groups is 1. The van der Waals surface area contributed by atoms with Gasteiger partial charge in [-0.05, 0) is 36.9 Å². The lowest BCUT2D eigenvalue weighted by molar-refractivity contribution is 0.0973. The quantitative estimate of drug-likeness (QED) is 0.778. The van der Waals surface area contributed by atoms with Crippen LogP contribution in [0.5, 0.6) is 0 Å². The summed E-state index contributed by atoms with van der Waals surface area (Å²) in [7, 11) is 0. The van der Waals surface area contributed by atoms with Crippen LogP contribution < -0.4 is 5.32 Å². The number of fused-ring (bicyclic) bond motifs is 1. The Bertz CT molecular complexity index is 382. The van der Waals surface area contributed by atoms with Gasteiger partial charge >= 0.3 is 0 Å². The minimum atomic E-state index is -0.262. The lowest BCUT2D eigenvalue weighted by Gasteiger charge is -2.26. The van der Waals surface area contributed by atoms with Crippen LogP contribution in [0.3, 0.4) is 0 Å². The molecule has 2 nitrogen and oxygen atoms in total. The molecule has 0 spiro atoms. The first-order chi connectivity index (χ1) is 8.36. The zero-order valence-corrected chi connectivity index (χ0v) is 10.2. The summed E-state index contributed by atoms with van der Waals surface area (Å²) in [6.45, 7) is 1.12. The molecule has 2 heteroatoms. The van der Waals surface area contributed by atoms with Crippen LogP contribution in [-0.4, -0.2) is 17.7 Å². The van der Waals surface area contributed by atoms with Crippen LogP contribution in [0, 0.1) is 5.92 Å². The third-order valence-corrected chi connectivity index (χ3v) is 4.35. The monoisotopic (exact) mass is 231 g/mol. The van der Waals surface area contributed by atoms with E-state index in [0.29, 0.717) is 12.0 Å². The molecule has 92 valence electrons. The van der Waals surface area contributed by atoms with Gasteiger partial charge in [0.2, 0.25) is 0 Å². The summed E-state index contributed by atoms with van der Waals surface area (Å²) in [6, 6.07) is 8.85. The molecule has 3 unspecified atom stereocenters. The van der Waals surface area contributed by atoms with E-state index in [4.69, 9.17) is 0 Å². The van der Waals surface area contributed by atoms with Crippen LogP contribution in [0.15, 0.2) is 24.3 Å². The fraction of sp³-hybridized carbons (Fsp3) is 0.600. The molecule has 2 aliphatic rings. The van der Waals surface area contributed by atoms with Gasteiger partial charge < -0.3 is 10.4 Å². The van der Waals surface area contributed by atoms with E-state index in [2.05, 4.69) is 23.5 Å². The second-order valence-electron chi connectivity index (χ2n) is 5.42. The van der Waals surface area contributed by atoms with E-state index < -0.39 is 0 Å². The molecule has 1 saturated heterocycles. The lowest BCUT2D eigenvalue weighted by Crippen LogP contribution is -2.37. The molecule has 3 rings (SSSR count). The molecule has 1 fully saturated rings. The molecule has 1 aromatic rings. The molecule has 0 bridgehead atoms. The largest absolute Gasteiger partial charge is 0.388 e. The number of benzene rings is 1. The van der Waals surface area contributed by atoms with Gasteiger partial charge in [0.15, 0.2) is 0 Å². The highest BCUT2D eigenvalue weighted by atomic mass is 16.3. The van der Waals surface area contributed by atoms with E-state index in [0.717, 1.165) is 18.5 Å². The SMILES string of the molecule is OC1c2ccccc2CC1C1CCCCCN1. The van der Waals surface area contributed by atoms with Crippen LogP contribution in [-0.2, 0) is 6.42 Å². The lowest BCUT2D eigenvalue weighted by atomic mass is 9.91. The van der Waals surface area contributed by atoms with Crippen molar-refractivity contribution >= 4 is 0 Å². The van der Waals surface area contributed by atoms with Crippen molar-refractivity contribution in [1.82, 2.24) is 5.32 Å². The van der Waals surface area contributed by atoms with Gasteiger partial charge in [0.05, 0.1) is 6.10 Å². The van der Waals surface area contributed by atoms with E-state index in [1.165, 1.54) is 31.2 Å². The third-order valence-electron chi connectivity index (χ3n) is 4.35. The van der Waals surface area contributed by atoms with Gasteiger partial charge in [-0.15, -0.1) is 0 Å². The molecular formula is C15H21NO. The van der Waals surface area contributed by atoms with Gasteiger partial charge in [0, 0.05) is 12.0 Å². The fourth-order valence-corrected chi connectivity index (χ4v) is 3.39. The Labute approximate surface area is 103 Å². The minimum Gasteiger partial charge on any atom is -0.388 e. The van der Waals surface area contributed by atoms with Gasteiger partial charge in [-0.1, -0.05) is 37.1 Å². The molecule has 0 amide bonds. The first-order valence-corrected chi connectivity index (χ1v) is 6.85. The summed E-state index contributed by atoms with van der Waals surface area (Å²) < 4.78 is 0. The molecule has 1 heterocycles. The Morgan fingerprint density at radius 2 is 2.00 bits per heavy atom. The zero-order valence-electron chi connectivity index (χ0n) is 10.2. The molecule has 1 aromatic carbocycles. The normalized spacial score (nSPS) is 33.1. The number of nitrogens with one attached hydrogen (secondary N) is 1. The molecular weight excluding hydrogens is 210 g/mol. The molecule has 0 radical (unpaired) electrons. The minimum absolute atomic E-state index is 0.262. The van der Waals surface area contributed by atoms with Crippen molar-refractivity contribution < 1.29 is 5.11 Å². The average Bonchev–Trinajstić information content (AvgIpc) is 2.57. The second kappa shape index (κ2) is 4.79. The molecule has 0 aromatic heterocycles. The van der Waals surface area contributed by atoms with Crippen LogP contribution in [0.1, 0.15) is 42.9 Å². The third kappa shape index (κ3) is 2.12. The highest BCUT2D eigenvalue weighted by Gasteiger charge is 2.36. The van der Waals surface area contributed by atoms with Crippen molar-refractivity contribution in [3.8, 4) is 0 Å². The number of aliphatic hydroxyl groups excluding tert-OH is 1. The van der Waals surface area contributed by atoms with E-state index in [9.17, 15) is 5.11 Å². The van der Waals surface area contributed by atoms with E-state index >= 15 is 0 Å². The number of hydrogen-bond donors (Lipinski definition) is 2. The highest BCUT2D eigenvalue weighted by molar-refractivity contribution is 5.35. The van der Waals surface area contributed by atoms with Crippen molar-refractivity contribution in [2.45, 2.75) is 44.2 Å². The Kier molecular flexibility index (Phi) is 3.17. The average molecular weight is 231 g/mol. The van der Waals surface area contributed by atoms with Gasteiger partial charge in [-0.25, -0.2) is 0 Å². The summed E-state index contributed by atoms with van der Waals surface area (Å²) in [4.78, 5) is 0. The Morgan fingerprint density at radius 3 is 2.88 bits per heavy atom. The zero-order chi connectivity index (χ0) is 11.7. The summed E-state index contributed by atoms with van der Waals surface area (Å²) >= 11 is 0. The van der Waals surface area contributed by atoms with Crippen LogP contribution >= 0.6 is 0 Å². The van der Waals surface area contributed by atoms with Crippen molar-refractivity contribution in [1.29, 1.82) is 0 Å². The van der Waals surface area contributed by atoms with E-state index in [-0.39, 0.29) is 6.10 Å². The Hall–Kier alpha value is -0.860. The topological polar surface area (TPSA) is 32.3 Å². The van der Waals surface area contributed by atoms with E-state index in [1.54, 1.807) is 0 Å². The predicted molar refractivity (Wildman–Crippen MR) is 68.9 cm³/mol. The number of hydrogen-bond acceptors (Lipinski definition) is 2. The van der Waals surface area contributed by atoms with Crippen LogP contribution in [0.2, 0.25) is 0 Å². The van der Waals surface area contributed by atoms with Crippen LogP contribution in [0.25, 0.3) is 0 Å².